The van der Waals surface area contributed by atoms with E-state index < -0.39 is 0 Å². The molecule has 0 aromatic rings. The van der Waals surface area contributed by atoms with Crippen LogP contribution in [0.25, 0.3) is 0 Å². The molecule has 0 atom stereocenters. The molecule has 3 heteroatoms. The topological polar surface area (TPSA) is 32.3 Å². The van der Waals surface area contributed by atoms with Crippen molar-refractivity contribution in [2.24, 2.45) is 0 Å². The Morgan fingerprint density at radius 2 is 1.92 bits per heavy atom. The van der Waals surface area contributed by atoms with E-state index in [4.69, 9.17) is 0 Å². The van der Waals surface area contributed by atoms with E-state index in [-0.39, 0.29) is 5.54 Å². The highest BCUT2D eigenvalue weighted by Gasteiger charge is 2.33. The molecule has 0 unspecified atom stereocenters. The third-order valence-corrected chi connectivity index (χ3v) is 2.91. The minimum Gasteiger partial charge on any atom is -0.314 e. The van der Waals surface area contributed by atoms with Gasteiger partial charge < -0.3 is 5.32 Å². The lowest BCUT2D eigenvalue weighted by Gasteiger charge is -2.39. The summed E-state index contributed by atoms with van der Waals surface area (Å²) in [6.07, 6.45) is 0.636. The van der Waals surface area contributed by atoms with E-state index in [1.807, 2.05) is 20.8 Å². The van der Waals surface area contributed by atoms with Gasteiger partial charge in [0.1, 0.15) is 0 Å². The highest BCUT2D eigenvalue weighted by atomic mass is 16.1. The van der Waals surface area contributed by atoms with Crippen LogP contribution >= 0.6 is 0 Å². The average Bonchev–Trinajstić information content (AvgIpc) is 2.18. The van der Waals surface area contributed by atoms with Gasteiger partial charge in [-0.1, -0.05) is 6.92 Å². The monoisotopic (exact) mass is 184 g/mol. The normalized spacial score (nSPS) is 20.2. The number of piperazine rings is 1. The summed E-state index contributed by atoms with van der Waals surface area (Å²) in [5, 5.41) is 3.29. The molecule has 1 saturated heterocycles. The summed E-state index contributed by atoms with van der Waals surface area (Å²) in [5.41, 5.74) is -0.267. The molecule has 76 valence electrons. The molecule has 1 heterocycles. The fourth-order valence-corrected chi connectivity index (χ4v) is 1.83. The first-order valence-corrected chi connectivity index (χ1v) is 5.08. The fourth-order valence-electron chi connectivity index (χ4n) is 1.83. The molecule has 0 amide bonds. The lowest BCUT2D eigenvalue weighted by atomic mass is 9.94. The quantitative estimate of drug-likeness (QED) is 0.699. The maximum absolute atomic E-state index is 11.7. The van der Waals surface area contributed by atoms with Crippen molar-refractivity contribution in [1.29, 1.82) is 0 Å². The number of hydrogen-bond donors (Lipinski definition) is 1. The van der Waals surface area contributed by atoms with Crippen molar-refractivity contribution in [1.82, 2.24) is 10.2 Å². The van der Waals surface area contributed by atoms with Gasteiger partial charge in [0.15, 0.2) is 5.78 Å². The van der Waals surface area contributed by atoms with Gasteiger partial charge in [-0.3, -0.25) is 9.69 Å². The van der Waals surface area contributed by atoms with Crippen LogP contribution in [0.3, 0.4) is 0 Å². The van der Waals surface area contributed by atoms with Gasteiger partial charge in [-0.25, -0.2) is 0 Å². The van der Waals surface area contributed by atoms with Crippen LogP contribution in [0, 0.1) is 0 Å². The summed E-state index contributed by atoms with van der Waals surface area (Å²) >= 11 is 0. The Balaban J connectivity index is 2.60. The Bertz CT molecular complexity index is 183. The largest absolute Gasteiger partial charge is 0.314 e. The molecular formula is C10H20N2O. The zero-order valence-electron chi connectivity index (χ0n) is 8.89. The first-order valence-electron chi connectivity index (χ1n) is 5.08. The van der Waals surface area contributed by atoms with Crippen molar-refractivity contribution >= 4 is 5.78 Å². The molecular weight excluding hydrogens is 164 g/mol. The van der Waals surface area contributed by atoms with E-state index >= 15 is 0 Å². The predicted molar refractivity (Wildman–Crippen MR) is 53.8 cm³/mol. The van der Waals surface area contributed by atoms with E-state index in [0.29, 0.717) is 12.2 Å². The molecule has 1 aliphatic rings. The molecule has 3 nitrogen and oxygen atoms in total. The third-order valence-electron chi connectivity index (χ3n) is 2.91. The molecule has 13 heavy (non-hydrogen) atoms. The van der Waals surface area contributed by atoms with Crippen LogP contribution in [0.5, 0.6) is 0 Å². The predicted octanol–water partition coefficient (Wildman–Crippen LogP) is 0.649. The van der Waals surface area contributed by atoms with Gasteiger partial charge in [0.2, 0.25) is 0 Å². The summed E-state index contributed by atoms with van der Waals surface area (Å²) in [6, 6.07) is 0. The Morgan fingerprint density at radius 1 is 1.38 bits per heavy atom. The van der Waals surface area contributed by atoms with Gasteiger partial charge in [-0.15, -0.1) is 0 Å². The molecule has 1 rings (SSSR count). The van der Waals surface area contributed by atoms with Crippen LogP contribution in [0.2, 0.25) is 0 Å². The SMILES string of the molecule is CCC(=O)C(C)(C)N1CCNCC1. The first kappa shape index (κ1) is 10.7. The Kier molecular flexibility index (Phi) is 3.45. The van der Waals surface area contributed by atoms with E-state index in [1.165, 1.54) is 0 Å². The van der Waals surface area contributed by atoms with E-state index in [1.54, 1.807) is 0 Å². The molecule has 0 bridgehead atoms. The number of nitrogens with zero attached hydrogens (tertiary/aromatic N) is 1. The Morgan fingerprint density at radius 3 is 2.38 bits per heavy atom. The van der Waals surface area contributed by atoms with Gasteiger partial charge in [-0.2, -0.15) is 0 Å². The maximum Gasteiger partial charge on any atom is 0.152 e. The highest BCUT2D eigenvalue weighted by Crippen LogP contribution is 2.17. The number of carbonyl (C=O) groups is 1. The molecule has 1 aliphatic heterocycles. The molecule has 0 saturated carbocycles. The second-order valence-corrected chi connectivity index (χ2v) is 4.07. The van der Waals surface area contributed by atoms with E-state index in [0.717, 1.165) is 26.2 Å². The van der Waals surface area contributed by atoms with Crippen LogP contribution in [0.1, 0.15) is 27.2 Å². The number of carbonyl (C=O) groups excluding carboxylic acids is 1. The second kappa shape index (κ2) is 4.20. The van der Waals surface area contributed by atoms with E-state index in [9.17, 15) is 4.79 Å². The molecule has 0 aliphatic carbocycles. The number of Topliss-reactive ketones (excluding diaryl/α,β-unsaturated/α-hetero) is 1. The second-order valence-electron chi connectivity index (χ2n) is 4.07. The van der Waals surface area contributed by atoms with Crippen LogP contribution in [-0.2, 0) is 4.79 Å². The summed E-state index contributed by atoms with van der Waals surface area (Å²) in [7, 11) is 0. The number of hydrogen-bond acceptors (Lipinski definition) is 3. The first-order chi connectivity index (χ1) is 6.09. The van der Waals surface area contributed by atoms with Crippen molar-refractivity contribution in [3.05, 3.63) is 0 Å². The molecule has 0 spiro atoms. The lowest BCUT2D eigenvalue weighted by molar-refractivity contribution is -0.129. The molecule has 0 aromatic heterocycles. The Hall–Kier alpha value is -0.410. The fraction of sp³-hybridized carbons (Fsp3) is 0.900. The third kappa shape index (κ3) is 2.29. The standard InChI is InChI=1S/C10H20N2O/c1-4-9(13)10(2,3)12-7-5-11-6-8-12/h11H,4-8H2,1-3H3. The summed E-state index contributed by atoms with van der Waals surface area (Å²) in [5.74, 6) is 0.342. The van der Waals surface area contributed by atoms with Crippen molar-refractivity contribution in [2.75, 3.05) is 26.2 Å². The highest BCUT2D eigenvalue weighted by molar-refractivity contribution is 5.87. The number of rotatable bonds is 3. The van der Waals surface area contributed by atoms with Gasteiger partial charge in [0, 0.05) is 32.6 Å². The zero-order valence-corrected chi connectivity index (χ0v) is 8.89. The lowest BCUT2D eigenvalue weighted by Crippen LogP contribution is -2.56. The van der Waals surface area contributed by atoms with Crippen LogP contribution in [0.4, 0.5) is 0 Å². The summed E-state index contributed by atoms with van der Waals surface area (Å²) < 4.78 is 0. The smallest absolute Gasteiger partial charge is 0.152 e. The van der Waals surface area contributed by atoms with Crippen molar-refractivity contribution in [3.8, 4) is 0 Å². The van der Waals surface area contributed by atoms with Crippen LogP contribution < -0.4 is 5.32 Å². The van der Waals surface area contributed by atoms with Crippen molar-refractivity contribution in [3.63, 3.8) is 0 Å². The minimum absolute atomic E-state index is 0.267. The van der Waals surface area contributed by atoms with Crippen molar-refractivity contribution in [2.45, 2.75) is 32.7 Å². The number of nitrogens with one attached hydrogen (secondary N) is 1. The minimum atomic E-state index is -0.267. The van der Waals surface area contributed by atoms with Gasteiger partial charge in [-0.05, 0) is 13.8 Å². The number of ketones is 1. The van der Waals surface area contributed by atoms with Gasteiger partial charge >= 0.3 is 0 Å². The maximum atomic E-state index is 11.7. The summed E-state index contributed by atoms with van der Waals surface area (Å²) in [4.78, 5) is 13.9. The summed E-state index contributed by atoms with van der Waals surface area (Å²) in [6.45, 7) is 9.97. The van der Waals surface area contributed by atoms with Crippen LogP contribution in [-0.4, -0.2) is 42.4 Å². The molecule has 0 aromatic carbocycles. The van der Waals surface area contributed by atoms with Gasteiger partial charge in [0.05, 0.1) is 5.54 Å². The van der Waals surface area contributed by atoms with Crippen LogP contribution in [0.15, 0.2) is 0 Å². The Labute approximate surface area is 80.5 Å². The molecule has 1 fully saturated rings. The van der Waals surface area contributed by atoms with Gasteiger partial charge in [0.25, 0.3) is 0 Å². The van der Waals surface area contributed by atoms with Crippen molar-refractivity contribution < 1.29 is 4.79 Å². The average molecular weight is 184 g/mol. The van der Waals surface area contributed by atoms with E-state index in [2.05, 4.69) is 10.2 Å². The molecule has 0 radical (unpaired) electrons. The molecule has 1 N–H and O–H groups in total. The zero-order chi connectivity index (χ0) is 9.90.